The number of carboxylic acid groups (broad SMARTS) is 1. The van der Waals surface area contributed by atoms with Crippen LogP contribution in [0.25, 0.3) is 11.1 Å². The van der Waals surface area contributed by atoms with Crippen molar-refractivity contribution in [3.05, 3.63) is 70.7 Å². The average molecular weight is 496 g/mol. The fourth-order valence-electron chi connectivity index (χ4n) is 3.84. The van der Waals surface area contributed by atoms with E-state index in [0.717, 1.165) is 40.7 Å². The molecule has 3 N–H and O–H groups in total. The van der Waals surface area contributed by atoms with E-state index in [-0.39, 0.29) is 23.4 Å². The van der Waals surface area contributed by atoms with Crippen molar-refractivity contribution in [2.75, 3.05) is 19.0 Å². The first kappa shape index (κ1) is 23.9. The molecule has 0 aliphatic heterocycles. The molecule has 2 aromatic carbocycles. The second-order valence-electron chi connectivity index (χ2n) is 7.63. The Hall–Kier alpha value is -4.25. The topological polar surface area (TPSA) is 144 Å². The van der Waals surface area contributed by atoms with Crippen LogP contribution in [-0.4, -0.2) is 53.8 Å². The Kier molecular flexibility index (Phi) is 7.06. The second-order valence-corrected chi connectivity index (χ2v) is 8.49. The number of thiazole rings is 1. The summed E-state index contributed by atoms with van der Waals surface area (Å²) in [7, 11) is 1.12. The zero-order chi connectivity index (χ0) is 24.9. The smallest absolute Gasteiger partial charge is 0.413 e. The standard InChI is InChI=1S/C24H21N3O7S/c1-33-20(28)10-18(22(30)31)25-21(29)19-12-35-23(26-19)27-24(32)34-11-17-15-8-4-2-6-13(15)14-7-3-5-9-16(14)17/h2-9,12,17-18H,10-11H2,1H3,(H,25,29)(H,30,31)(H,26,27,32)/t18-/m1/s1. The molecule has 0 saturated heterocycles. The number of carbonyl (C=O) groups is 4. The highest BCUT2D eigenvalue weighted by Gasteiger charge is 2.29. The Bertz CT molecular complexity index is 1240. The molecule has 0 radical (unpaired) electrons. The van der Waals surface area contributed by atoms with Gasteiger partial charge in [0.05, 0.1) is 13.5 Å². The van der Waals surface area contributed by atoms with E-state index in [1.54, 1.807) is 0 Å². The van der Waals surface area contributed by atoms with Crippen LogP contribution in [0.4, 0.5) is 9.93 Å². The van der Waals surface area contributed by atoms with Gasteiger partial charge in [0.15, 0.2) is 5.13 Å². The molecule has 4 rings (SSSR count). The van der Waals surface area contributed by atoms with Crippen molar-refractivity contribution >= 4 is 40.4 Å². The van der Waals surface area contributed by atoms with E-state index in [9.17, 15) is 24.3 Å². The maximum atomic E-state index is 12.4. The van der Waals surface area contributed by atoms with E-state index in [4.69, 9.17) is 4.74 Å². The van der Waals surface area contributed by atoms with Gasteiger partial charge in [-0.1, -0.05) is 48.5 Å². The van der Waals surface area contributed by atoms with Gasteiger partial charge in [-0.05, 0) is 22.3 Å². The van der Waals surface area contributed by atoms with E-state index in [0.29, 0.717) is 0 Å². The molecule has 1 aliphatic rings. The summed E-state index contributed by atoms with van der Waals surface area (Å²) < 4.78 is 9.89. The van der Waals surface area contributed by atoms with Crippen LogP contribution in [0.3, 0.4) is 0 Å². The molecule has 1 aromatic heterocycles. The Morgan fingerprint density at radius 2 is 1.69 bits per heavy atom. The van der Waals surface area contributed by atoms with Crippen molar-refractivity contribution in [3.8, 4) is 11.1 Å². The summed E-state index contributed by atoms with van der Waals surface area (Å²) in [6.07, 6.45) is -1.27. The molecular formula is C24H21N3O7S. The van der Waals surface area contributed by atoms with Gasteiger partial charge in [-0.15, -0.1) is 11.3 Å². The van der Waals surface area contributed by atoms with E-state index < -0.39 is 36.4 Å². The third kappa shape index (κ3) is 5.30. The molecule has 0 unspecified atom stereocenters. The number of aromatic nitrogens is 1. The van der Waals surface area contributed by atoms with Crippen LogP contribution < -0.4 is 10.6 Å². The minimum Gasteiger partial charge on any atom is -0.480 e. The number of benzene rings is 2. The number of aliphatic carboxylic acids is 1. The number of nitrogens with zero attached hydrogens (tertiary/aromatic N) is 1. The number of carboxylic acids is 1. The van der Waals surface area contributed by atoms with Gasteiger partial charge in [-0.2, -0.15) is 0 Å². The molecule has 35 heavy (non-hydrogen) atoms. The van der Waals surface area contributed by atoms with Crippen molar-refractivity contribution < 1.29 is 33.8 Å². The number of ether oxygens (including phenoxy) is 2. The summed E-state index contributed by atoms with van der Waals surface area (Å²) in [6.45, 7) is 0.117. The summed E-state index contributed by atoms with van der Waals surface area (Å²) in [5, 5.41) is 15.3. The second kappa shape index (κ2) is 10.3. The van der Waals surface area contributed by atoms with Gasteiger partial charge in [0.25, 0.3) is 5.91 Å². The van der Waals surface area contributed by atoms with Crippen molar-refractivity contribution in [3.63, 3.8) is 0 Å². The van der Waals surface area contributed by atoms with Gasteiger partial charge >= 0.3 is 18.0 Å². The van der Waals surface area contributed by atoms with Gasteiger partial charge in [0, 0.05) is 11.3 Å². The molecule has 1 atom stereocenters. The van der Waals surface area contributed by atoms with Crippen LogP contribution in [0, 0.1) is 0 Å². The lowest BCUT2D eigenvalue weighted by Crippen LogP contribution is -2.42. The summed E-state index contributed by atoms with van der Waals surface area (Å²) in [6, 6.07) is 14.4. The lowest BCUT2D eigenvalue weighted by atomic mass is 9.98. The predicted molar refractivity (Wildman–Crippen MR) is 126 cm³/mol. The molecule has 10 nitrogen and oxygen atoms in total. The molecule has 1 heterocycles. The Labute approximate surface area is 203 Å². The van der Waals surface area contributed by atoms with Gasteiger partial charge in [0.2, 0.25) is 0 Å². The minimum absolute atomic E-state index is 0.103. The number of anilines is 1. The predicted octanol–water partition coefficient (Wildman–Crippen LogP) is 3.25. The van der Waals surface area contributed by atoms with Crippen LogP contribution in [0.5, 0.6) is 0 Å². The molecule has 180 valence electrons. The number of amides is 2. The highest BCUT2D eigenvalue weighted by molar-refractivity contribution is 7.14. The average Bonchev–Trinajstić information content (AvgIpc) is 3.45. The molecule has 0 spiro atoms. The van der Waals surface area contributed by atoms with Crippen molar-refractivity contribution in [2.24, 2.45) is 0 Å². The van der Waals surface area contributed by atoms with Gasteiger partial charge in [-0.25, -0.2) is 14.6 Å². The van der Waals surface area contributed by atoms with E-state index in [1.165, 1.54) is 5.38 Å². The van der Waals surface area contributed by atoms with Crippen LogP contribution in [-0.2, 0) is 19.1 Å². The summed E-state index contributed by atoms with van der Waals surface area (Å²) in [5.74, 6) is -3.09. The lowest BCUT2D eigenvalue weighted by molar-refractivity contribution is -0.147. The van der Waals surface area contributed by atoms with Crippen LogP contribution in [0.1, 0.15) is 34.0 Å². The molecular weight excluding hydrogens is 474 g/mol. The summed E-state index contributed by atoms with van der Waals surface area (Å²) >= 11 is 0.972. The van der Waals surface area contributed by atoms with Crippen molar-refractivity contribution in [1.82, 2.24) is 10.3 Å². The van der Waals surface area contributed by atoms with Crippen LogP contribution in [0.15, 0.2) is 53.9 Å². The minimum atomic E-state index is -1.48. The van der Waals surface area contributed by atoms with Gasteiger partial charge in [-0.3, -0.25) is 14.9 Å². The first-order valence-corrected chi connectivity index (χ1v) is 11.4. The number of fused-ring (bicyclic) bond motifs is 3. The number of esters is 1. The highest BCUT2D eigenvalue weighted by Crippen LogP contribution is 2.44. The molecule has 0 bridgehead atoms. The molecule has 0 fully saturated rings. The number of carbonyl (C=O) groups excluding carboxylic acids is 3. The number of hydrogen-bond acceptors (Lipinski definition) is 8. The molecule has 1 aliphatic carbocycles. The first-order valence-electron chi connectivity index (χ1n) is 10.6. The summed E-state index contributed by atoms with van der Waals surface area (Å²) in [5.41, 5.74) is 4.27. The largest absolute Gasteiger partial charge is 0.480 e. The quantitative estimate of drug-likeness (QED) is 0.404. The maximum Gasteiger partial charge on any atom is 0.413 e. The number of hydrogen-bond donors (Lipinski definition) is 3. The van der Waals surface area contributed by atoms with Crippen LogP contribution in [0.2, 0.25) is 0 Å². The third-order valence-electron chi connectivity index (χ3n) is 5.49. The Morgan fingerprint density at radius 3 is 2.29 bits per heavy atom. The zero-order valence-corrected chi connectivity index (χ0v) is 19.3. The SMILES string of the molecule is COC(=O)C[C@@H](NC(=O)c1csc(NC(=O)OCC2c3ccccc3-c3ccccc32)n1)C(=O)O. The van der Waals surface area contributed by atoms with E-state index in [1.807, 2.05) is 48.5 Å². The van der Waals surface area contributed by atoms with Crippen molar-refractivity contribution in [1.29, 1.82) is 0 Å². The zero-order valence-electron chi connectivity index (χ0n) is 18.5. The molecule has 11 heteroatoms. The van der Waals surface area contributed by atoms with Crippen LogP contribution >= 0.6 is 11.3 Å². The van der Waals surface area contributed by atoms with E-state index in [2.05, 4.69) is 20.4 Å². The molecule has 2 amide bonds. The Morgan fingerprint density at radius 1 is 1.06 bits per heavy atom. The fraction of sp³-hybridized carbons (Fsp3) is 0.208. The molecule has 3 aromatic rings. The normalized spacial score (nSPS) is 12.7. The number of methoxy groups -OCH3 is 1. The first-order chi connectivity index (χ1) is 16.9. The fourth-order valence-corrected chi connectivity index (χ4v) is 4.52. The highest BCUT2D eigenvalue weighted by atomic mass is 32.1. The number of rotatable bonds is 8. The summed E-state index contributed by atoms with van der Waals surface area (Å²) in [4.78, 5) is 51.4. The third-order valence-corrected chi connectivity index (χ3v) is 6.25. The van der Waals surface area contributed by atoms with E-state index >= 15 is 0 Å². The van der Waals surface area contributed by atoms with Crippen molar-refractivity contribution in [2.45, 2.75) is 18.4 Å². The lowest BCUT2D eigenvalue weighted by Gasteiger charge is -2.14. The monoisotopic (exact) mass is 495 g/mol. The maximum absolute atomic E-state index is 12.4. The molecule has 0 saturated carbocycles. The van der Waals surface area contributed by atoms with Gasteiger partial charge in [0.1, 0.15) is 18.3 Å². The Balaban J connectivity index is 1.35. The number of nitrogens with one attached hydrogen (secondary N) is 2. The van der Waals surface area contributed by atoms with Gasteiger partial charge < -0.3 is 19.9 Å².